The molecule has 0 saturated carbocycles. The Hall–Kier alpha value is -1.94. The number of benzene rings is 1. The summed E-state index contributed by atoms with van der Waals surface area (Å²) < 4.78 is 0. The summed E-state index contributed by atoms with van der Waals surface area (Å²) in [4.78, 5) is 16.7. The van der Waals surface area contributed by atoms with Gasteiger partial charge in [0.15, 0.2) is 0 Å². The topological polar surface area (TPSA) is 79.6 Å². The second-order valence-electron chi connectivity index (χ2n) is 7.03. The predicted octanol–water partition coefficient (Wildman–Crippen LogP) is 0.704. The van der Waals surface area contributed by atoms with E-state index in [0.29, 0.717) is 24.6 Å². The van der Waals surface area contributed by atoms with E-state index in [1.807, 2.05) is 24.3 Å². The maximum Gasteiger partial charge on any atom is 0.237 e. The smallest absolute Gasteiger partial charge is 0.237 e. The van der Waals surface area contributed by atoms with Gasteiger partial charge in [-0.15, -0.1) is 0 Å². The van der Waals surface area contributed by atoms with Gasteiger partial charge in [-0.1, -0.05) is 12.1 Å². The fourth-order valence-corrected chi connectivity index (χ4v) is 4.02. The van der Waals surface area contributed by atoms with Crippen molar-refractivity contribution < 1.29 is 9.90 Å². The number of carbonyl (C=O) groups excluding carboxylic acids is 1. The predicted molar refractivity (Wildman–Crippen MR) is 94.6 cm³/mol. The van der Waals surface area contributed by atoms with Gasteiger partial charge < -0.3 is 10.4 Å². The van der Waals surface area contributed by atoms with E-state index < -0.39 is 6.10 Å². The summed E-state index contributed by atoms with van der Waals surface area (Å²) in [5, 5.41) is 21.6. The first-order valence-corrected chi connectivity index (χ1v) is 8.97. The molecule has 2 atom stereocenters. The highest BCUT2D eigenvalue weighted by molar-refractivity contribution is 5.81. The van der Waals surface area contributed by atoms with Crippen molar-refractivity contribution in [3.8, 4) is 6.07 Å². The number of nitrogens with zero attached hydrogens (tertiary/aromatic N) is 3. The molecule has 0 bridgehead atoms. The zero-order valence-electron chi connectivity index (χ0n) is 14.7. The lowest BCUT2D eigenvalue weighted by atomic mass is 10.0. The van der Waals surface area contributed by atoms with Crippen LogP contribution in [0.5, 0.6) is 0 Å². The Labute approximate surface area is 149 Å². The lowest BCUT2D eigenvalue weighted by Gasteiger charge is -2.38. The molecule has 134 valence electrons. The summed E-state index contributed by atoms with van der Waals surface area (Å²) >= 11 is 0. The van der Waals surface area contributed by atoms with Crippen LogP contribution in [0.4, 0.5) is 0 Å². The SMILES string of the molecule is CNC(=O)[C@@H]1C[C@@H](O)CN1C1CCN(Cc2ccc(C#N)cc2)CC1. The highest BCUT2D eigenvalue weighted by Gasteiger charge is 2.40. The van der Waals surface area contributed by atoms with E-state index in [1.54, 1.807) is 7.05 Å². The van der Waals surface area contributed by atoms with E-state index in [-0.39, 0.29) is 11.9 Å². The van der Waals surface area contributed by atoms with Gasteiger partial charge in [-0.3, -0.25) is 14.6 Å². The van der Waals surface area contributed by atoms with Gasteiger partial charge in [0, 0.05) is 26.2 Å². The number of rotatable bonds is 4. The largest absolute Gasteiger partial charge is 0.392 e. The van der Waals surface area contributed by atoms with E-state index in [1.165, 1.54) is 5.56 Å². The van der Waals surface area contributed by atoms with Crippen molar-refractivity contribution in [2.45, 2.75) is 44.0 Å². The molecule has 0 spiro atoms. The number of aliphatic hydroxyl groups excluding tert-OH is 1. The Bertz CT molecular complexity index is 632. The van der Waals surface area contributed by atoms with Crippen LogP contribution in [0.3, 0.4) is 0 Å². The number of amides is 1. The first-order valence-electron chi connectivity index (χ1n) is 8.97. The molecule has 1 aromatic carbocycles. The number of hydrogen-bond acceptors (Lipinski definition) is 5. The molecule has 6 nitrogen and oxygen atoms in total. The second kappa shape index (κ2) is 7.96. The van der Waals surface area contributed by atoms with Crippen molar-refractivity contribution in [1.29, 1.82) is 5.26 Å². The summed E-state index contributed by atoms with van der Waals surface area (Å²) in [5.41, 5.74) is 1.91. The van der Waals surface area contributed by atoms with Crippen molar-refractivity contribution >= 4 is 5.91 Å². The summed E-state index contributed by atoms with van der Waals surface area (Å²) in [6, 6.07) is 10.1. The Morgan fingerprint density at radius 1 is 1.32 bits per heavy atom. The van der Waals surface area contributed by atoms with Crippen molar-refractivity contribution in [1.82, 2.24) is 15.1 Å². The van der Waals surface area contributed by atoms with Crippen LogP contribution in [0, 0.1) is 11.3 Å². The lowest BCUT2D eigenvalue weighted by molar-refractivity contribution is -0.126. The van der Waals surface area contributed by atoms with Gasteiger partial charge in [0.2, 0.25) is 5.91 Å². The average molecular weight is 342 g/mol. The van der Waals surface area contributed by atoms with Gasteiger partial charge in [-0.2, -0.15) is 5.26 Å². The van der Waals surface area contributed by atoms with Crippen molar-refractivity contribution in [2.75, 3.05) is 26.7 Å². The van der Waals surface area contributed by atoms with Crippen molar-refractivity contribution in [3.63, 3.8) is 0 Å². The molecule has 2 saturated heterocycles. The van der Waals surface area contributed by atoms with Gasteiger partial charge in [-0.25, -0.2) is 0 Å². The van der Waals surface area contributed by atoms with Crippen molar-refractivity contribution in [3.05, 3.63) is 35.4 Å². The molecule has 0 aromatic heterocycles. The third kappa shape index (κ3) is 4.18. The summed E-state index contributed by atoms with van der Waals surface area (Å²) in [6.07, 6.45) is 2.15. The molecule has 0 unspecified atom stereocenters. The Balaban J connectivity index is 1.54. The monoisotopic (exact) mass is 342 g/mol. The first-order chi connectivity index (χ1) is 12.1. The summed E-state index contributed by atoms with van der Waals surface area (Å²) in [6.45, 7) is 3.45. The second-order valence-corrected chi connectivity index (χ2v) is 7.03. The van der Waals surface area contributed by atoms with Gasteiger partial charge in [0.05, 0.1) is 23.8 Å². The van der Waals surface area contributed by atoms with Crippen LogP contribution in [0.2, 0.25) is 0 Å². The number of aliphatic hydroxyl groups is 1. The average Bonchev–Trinajstić information content (AvgIpc) is 3.04. The van der Waals surface area contributed by atoms with Gasteiger partial charge in [0.1, 0.15) is 0 Å². The first kappa shape index (κ1) is 17.9. The molecule has 6 heteroatoms. The van der Waals surface area contributed by atoms with E-state index in [2.05, 4.69) is 21.2 Å². The number of nitriles is 1. The molecule has 2 aliphatic rings. The van der Waals surface area contributed by atoms with Crippen LogP contribution in [-0.4, -0.2) is 65.7 Å². The molecule has 0 radical (unpaired) electrons. The maximum atomic E-state index is 12.1. The Kier molecular flexibility index (Phi) is 5.69. The van der Waals surface area contributed by atoms with Gasteiger partial charge in [-0.05, 0) is 50.0 Å². The normalized spacial score (nSPS) is 25.6. The van der Waals surface area contributed by atoms with Gasteiger partial charge in [0.25, 0.3) is 0 Å². The highest BCUT2D eigenvalue weighted by Crippen LogP contribution is 2.27. The van der Waals surface area contributed by atoms with Gasteiger partial charge >= 0.3 is 0 Å². The molecule has 1 aromatic rings. The van der Waals surface area contributed by atoms with Crippen LogP contribution < -0.4 is 5.32 Å². The molecule has 25 heavy (non-hydrogen) atoms. The van der Waals surface area contributed by atoms with E-state index in [4.69, 9.17) is 5.26 Å². The zero-order valence-corrected chi connectivity index (χ0v) is 14.7. The molecule has 2 aliphatic heterocycles. The number of carbonyl (C=O) groups is 1. The Morgan fingerprint density at radius 2 is 2.00 bits per heavy atom. The number of likely N-dealkylation sites (N-methyl/N-ethyl adjacent to an activating group) is 1. The molecule has 1 amide bonds. The minimum absolute atomic E-state index is 0.0107. The molecular weight excluding hydrogens is 316 g/mol. The molecule has 2 N–H and O–H groups in total. The van der Waals surface area contributed by atoms with Crippen molar-refractivity contribution in [2.24, 2.45) is 0 Å². The summed E-state index contributed by atoms with van der Waals surface area (Å²) in [5.74, 6) is 0.0107. The number of β-amino-alcohol motifs (C(OH)–C–C–N with tert-alkyl or cyclic N) is 1. The van der Waals surface area contributed by atoms with Crippen LogP contribution in [-0.2, 0) is 11.3 Å². The van der Waals surface area contributed by atoms with E-state index >= 15 is 0 Å². The van der Waals surface area contributed by atoms with Crippen LogP contribution in [0.15, 0.2) is 24.3 Å². The van der Waals surface area contributed by atoms with Crippen LogP contribution >= 0.6 is 0 Å². The van der Waals surface area contributed by atoms with E-state index in [9.17, 15) is 9.90 Å². The minimum Gasteiger partial charge on any atom is -0.392 e. The quantitative estimate of drug-likeness (QED) is 0.842. The number of hydrogen-bond donors (Lipinski definition) is 2. The molecule has 3 rings (SSSR count). The molecule has 0 aliphatic carbocycles. The molecule has 2 fully saturated rings. The third-order valence-electron chi connectivity index (χ3n) is 5.38. The van der Waals surface area contributed by atoms with Crippen LogP contribution in [0.25, 0.3) is 0 Å². The highest BCUT2D eigenvalue weighted by atomic mass is 16.3. The molecular formula is C19H26N4O2. The number of nitrogens with one attached hydrogen (secondary N) is 1. The molecule has 2 heterocycles. The van der Waals surface area contributed by atoms with Crippen LogP contribution in [0.1, 0.15) is 30.4 Å². The zero-order chi connectivity index (χ0) is 17.8. The third-order valence-corrected chi connectivity index (χ3v) is 5.38. The van der Waals surface area contributed by atoms with E-state index in [0.717, 1.165) is 32.5 Å². The fraction of sp³-hybridized carbons (Fsp3) is 0.579. The number of piperidine rings is 1. The fourth-order valence-electron chi connectivity index (χ4n) is 4.02. The summed E-state index contributed by atoms with van der Waals surface area (Å²) in [7, 11) is 1.66. The minimum atomic E-state index is -0.404. The lowest BCUT2D eigenvalue weighted by Crippen LogP contribution is -2.50. The maximum absolute atomic E-state index is 12.1. The Morgan fingerprint density at radius 3 is 2.60 bits per heavy atom. The number of likely N-dealkylation sites (tertiary alicyclic amines) is 2. The standard InChI is InChI=1S/C19H26N4O2/c1-21-19(25)18-10-17(24)13-23(18)16-6-8-22(9-7-16)12-15-4-2-14(11-20)3-5-15/h2-5,16-18,24H,6-10,12-13H2,1H3,(H,21,25)/t17-,18+/m1/s1.